The number of benzene rings is 1. The van der Waals surface area contributed by atoms with Gasteiger partial charge < -0.3 is 14.6 Å². The summed E-state index contributed by atoms with van der Waals surface area (Å²) in [6, 6.07) is 5.93. The lowest BCUT2D eigenvalue weighted by Gasteiger charge is -2.33. The van der Waals surface area contributed by atoms with Crippen molar-refractivity contribution in [2.45, 2.75) is 37.6 Å². The van der Waals surface area contributed by atoms with Gasteiger partial charge in [-0.3, -0.25) is 14.9 Å². The molecule has 1 aliphatic heterocycles. The molecule has 0 spiro atoms. The normalized spacial score (nSPS) is 15.3. The molecular formula is C19H23N3O6S. The van der Waals surface area contributed by atoms with E-state index in [1.54, 1.807) is 30.9 Å². The van der Waals surface area contributed by atoms with Crippen molar-refractivity contribution >= 4 is 27.1 Å². The van der Waals surface area contributed by atoms with E-state index >= 15 is 0 Å². The molecule has 0 radical (unpaired) electrons. The first-order valence-corrected chi connectivity index (χ1v) is 11.1. The van der Waals surface area contributed by atoms with Crippen molar-refractivity contribution in [2.24, 2.45) is 0 Å². The first-order chi connectivity index (χ1) is 13.6. The van der Waals surface area contributed by atoms with Gasteiger partial charge in [0, 0.05) is 25.4 Å². The number of nitrogens with one attached hydrogen (secondary N) is 1. The summed E-state index contributed by atoms with van der Waals surface area (Å²) < 4.78 is 29.3. The monoisotopic (exact) mass is 421 g/mol. The van der Waals surface area contributed by atoms with E-state index in [0.717, 1.165) is 6.26 Å². The standard InChI is InChI=1S/C19H23N3O6S/c1-12-11-15(13(2)28-12)19(23)20-14-7-9-21(10-8-14)16-5-4-6-17(29(3,26)27)18(16)22(24)25/h4-6,11,14H,7-10H2,1-3H3,(H,20,23). The van der Waals surface area contributed by atoms with Crippen molar-refractivity contribution in [2.75, 3.05) is 24.2 Å². The van der Waals surface area contributed by atoms with Crippen molar-refractivity contribution in [3.8, 4) is 0 Å². The maximum atomic E-state index is 12.5. The largest absolute Gasteiger partial charge is 0.466 e. The summed E-state index contributed by atoms with van der Waals surface area (Å²) in [4.78, 5) is 24.9. The number of carbonyl (C=O) groups is 1. The molecule has 156 valence electrons. The number of sulfone groups is 1. The van der Waals surface area contributed by atoms with Crippen LogP contribution in [0.1, 0.15) is 34.7 Å². The summed E-state index contributed by atoms with van der Waals surface area (Å²) in [6.07, 6.45) is 2.13. The number of hydrogen-bond acceptors (Lipinski definition) is 7. The number of rotatable bonds is 5. The fourth-order valence-electron chi connectivity index (χ4n) is 3.63. The highest BCUT2D eigenvalue weighted by atomic mass is 32.2. The number of anilines is 1. The molecule has 10 heteroatoms. The first kappa shape index (κ1) is 20.8. The molecule has 1 aromatic heterocycles. The average molecular weight is 421 g/mol. The number of aryl methyl sites for hydroxylation is 2. The quantitative estimate of drug-likeness (QED) is 0.581. The third-order valence-corrected chi connectivity index (χ3v) is 6.14. The van der Waals surface area contributed by atoms with Crippen LogP contribution in [0.15, 0.2) is 33.6 Å². The average Bonchev–Trinajstić information content (AvgIpc) is 2.99. The zero-order chi connectivity index (χ0) is 21.3. The number of furan rings is 1. The van der Waals surface area contributed by atoms with E-state index in [4.69, 9.17) is 4.42 Å². The molecule has 0 bridgehead atoms. The summed E-state index contributed by atoms with van der Waals surface area (Å²) in [5.41, 5.74) is 0.382. The summed E-state index contributed by atoms with van der Waals surface area (Å²) in [5.74, 6) is 1.02. The summed E-state index contributed by atoms with van der Waals surface area (Å²) in [7, 11) is -3.73. The number of nitro benzene ring substituents is 1. The van der Waals surface area contributed by atoms with E-state index in [2.05, 4.69) is 5.32 Å². The third-order valence-electron chi connectivity index (χ3n) is 5.02. The van der Waals surface area contributed by atoms with E-state index in [1.165, 1.54) is 12.1 Å². The van der Waals surface area contributed by atoms with Crippen LogP contribution in [-0.4, -0.2) is 44.6 Å². The highest BCUT2D eigenvalue weighted by Gasteiger charge is 2.31. The molecule has 2 heterocycles. The van der Waals surface area contributed by atoms with E-state index in [1.807, 2.05) is 0 Å². The van der Waals surface area contributed by atoms with Crippen LogP contribution in [0, 0.1) is 24.0 Å². The number of nitro groups is 1. The molecule has 2 aromatic rings. The lowest BCUT2D eigenvalue weighted by Crippen LogP contribution is -2.45. The molecule has 1 amide bonds. The van der Waals surface area contributed by atoms with Gasteiger partial charge in [0.15, 0.2) is 9.84 Å². The van der Waals surface area contributed by atoms with Crippen LogP contribution in [0.3, 0.4) is 0 Å². The topological polar surface area (TPSA) is 123 Å². The van der Waals surface area contributed by atoms with Gasteiger partial charge in [0.2, 0.25) is 0 Å². The second kappa shape index (κ2) is 7.86. The van der Waals surface area contributed by atoms with Crippen molar-refractivity contribution in [1.82, 2.24) is 5.32 Å². The Morgan fingerprint density at radius 3 is 2.45 bits per heavy atom. The van der Waals surface area contributed by atoms with Crippen molar-refractivity contribution in [1.29, 1.82) is 0 Å². The Morgan fingerprint density at radius 2 is 1.93 bits per heavy atom. The second-order valence-electron chi connectivity index (χ2n) is 7.21. The van der Waals surface area contributed by atoms with E-state index < -0.39 is 20.4 Å². The van der Waals surface area contributed by atoms with Gasteiger partial charge in [0.25, 0.3) is 5.91 Å². The molecule has 9 nitrogen and oxygen atoms in total. The molecule has 0 unspecified atom stereocenters. The second-order valence-corrected chi connectivity index (χ2v) is 9.20. The minimum atomic E-state index is -3.73. The van der Waals surface area contributed by atoms with Gasteiger partial charge >= 0.3 is 5.69 Å². The number of carbonyl (C=O) groups excluding carboxylic acids is 1. The van der Waals surface area contributed by atoms with Gasteiger partial charge in [0.05, 0.1) is 10.5 Å². The fourth-order valence-corrected chi connectivity index (χ4v) is 4.49. The summed E-state index contributed by atoms with van der Waals surface area (Å²) in [5, 5.41) is 14.6. The molecule has 0 atom stereocenters. The molecule has 29 heavy (non-hydrogen) atoms. The number of nitrogens with zero attached hydrogens (tertiary/aromatic N) is 2. The van der Waals surface area contributed by atoms with Crippen LogP contribution in [-0.2, 0) is 9.84 Å². The highest BCUT2D eigenvalue weighted by Crippen LogP contribution is 2.35. The van der Waals surface area contributed by atoms with Gasteiger partial charge in [0.1, 0.15) is 22.1 Å². The maximum absolute atomic E-state index is 12.5. The number of para-hydroxylation sites is 1. The van der Waals surface area contributed by atoms with Gasteiger partial charge in [-0.15, -0.1) is 0 Å². The number of amides is 1. The maximum Gasteiger partial charge on any atom is 0.311 e. The number of hydrogen-bond donors (Lipinski definition) is 1. The molecule has 3 rings (SSSR count). The van der Waals surface area contributed by atoms with Crippen molar-refractivity contribution in [3.63, 3.8) is 0 Å². The fraction of sp³-hybridized carbons (Fsp3) is 0.421. The molecule has 1 fully saturated rings. The summed E-state index contributed by atoms with van der Waals surface area (Å²) in [6.45, 7) is 4.43. The van der Waals surface area contributed by atoms with Crippen molar-refractivity contribution in [3.05, 3.63) is 51.5 Å². The van der Waals surface area contributed by atoms with Crippen LogP contribution in [0.5, 0.6) is 0 Å². The Labute approximate surface area is 168 Å². The predicted molar refractivity (Wildman–Crippen MR) is 107 cm³/mol. The van der Waals surface area contributed by atoms with Crippen LogP contribution >= 0.6 is 0 Å². The lowest BCUT2D eigenvalue weighted by atomic mass is 10.0. The molecule has 1 saturated heterocycles. The Kier molecular flexibility index (Phi) is 5.65. The summed E-state index contributed by atoms with van der Waals surface area (Å²) >= 11 is 0. The Balaban J connectivity index is 1.74. The predicted octanol–water partition coefficient (Wildman–Crippen LogP) is 2.61. The zero-order valence-electron chi connectivity index (χ0n) is 16.5. The van der Waals surface area contributed by atoms with Crippen LogP contribution in [0.25, 0.3) is 0 Å². The number of piperidine rings is 1. The van der Waals surface area contributed by atoms with E-state index in [-0.39, 0.29) is 22.5 Å². The highest BCUT2D eigenvalue weighted by molar-refractivity contribution is 7.90. The SMILES string of the molecule is Cc1cc(C(=O)NC2CCN(c3cccc(S(C)(=O)=O)c3[N+](=O)[O-])CC2)c(C)o1. The molecular weight excluding hydrogens is 398 g/mol. The molecule has 0 saturated carbocycles. The minimum absolute atomic E-state index is 0.0782. The van der Waals surface area contributed by atoms with Gasteiger partial charge in [-0.25, -0.2) is 8.42 Å². The van der Waals surface area contributed by atoms with Crippen molar-refractivity contribution < 1.29 is 22.6 Å². The van der Waals surface area contributed by atoms with Crippen LogP contribution in [0.4, 0.5) is 11.4 Å². The first-order valence-electron chi connectivity index (χ1n) is 9.18. The van der Waals surface area contributed by atoms with E-state index in [9.17, 15) is 23.3 Å². The molecule has 0 aliphatic carbocycles. The van der Waals surface area contributed by atoms with Gasteiger partial charge in [-0.1, -0.05) is 6.07 Å². The Bertz CT molecular complexity index is 1050. The van der Waals surface area contributed by atoms with Gasteiger partial charge in [-0.2, -0.15) is 0 Å². The molecule has 1 N–H and O–H groups in total. The smallest absolute Gasteiger partial charge is 0.311 e. The minimum Gasteiger partial charge on any atom is -0.466 e. The Hall–Kier alpha value is -2.88. The lowest BCUT2D eigenvalue weighted by molar-refractivity contribution is -0.387. The van der Waals surface area contributed by atoms with Crippen LogP contribution in [0.2, 0.25) is 0 Å². The van der Waals surface area contributed by atoms with Gasteiger partial charge in [-0.05, 0) is 44.9 Å². The zero-order valence-corrected chi connectivity index (χ0v) is 17.3. The van der Waals surface area contributed by atoms with Crippen LogP contribution < -0.4 is 10.2 Å². The molecule has 1 aromatic carbocycles. The van der Waals surface area contributed by atoms with E-state index in [0.29, 0.717) is 43.0 Å². The Morgan fingerprint density at radius 1 is 1.28 bits per heavy atom. The third kappa shape index (κ3) is 4.42. The molecule has 1 aliphatic rings.